The van der Waals surface area contributed by atoms with Crippen LogP contribution in [0.25, 0.3) is 0 Å². The van der Waals surface area contributed by atoms with Crippen molar-refractivity contribution in [1.29, 1.82) is 0 Å². The lowest BCUT2D eigenvalue weighted by Gasteiger charge is -2.38. The first-order valence-corrected chi connectivity index (χ1v) is 10.9. The normalized spacial score (nSPS) is 38.5. The molecule has 0 saturated heterocycles. The molecule has 0 aromatic carbocycles. The van der Waals surface area contributed by atoms with Crippen LogP contribution in [0.2, 0.25) is 0 Å². The summed E-state index contributed by atoms with van der Waals surface area (Å²) in [6.07, 6.45) is 7.03. The van der Waals surface area contributed by atoms with Crippen molar-refractivity contribution < 1.29 is 22.3 Å². The molecule has 4 unspecified atom stereocenters. The van der Waals surface area contributed by atoms with Gasteiger partial charge in [0, 0.05) is 0 Å². The third-order valence-corrected chi connectivity index (χ3v) is 7.26. The molecule has 0 bridgehead atoms. The highest BCUT2D eigenvalue weighted by molar-refractivity contribution is 5.12. The molecule has 27 heavy (non-hydrogen) atoms. The van der Waals surface area contributed by atoms with Crippen molar-refractivity contribution in [2.45, 2.75) is 103 Å². The summed E-state index contributed by atoms with van der Waals surface area (Å²) < 4.78 is 55.2. The zero-order valence-corrected chi connectivity index (χ0v) is 16.4. The van der Waals surface area contributed by atoms with Crippen LogP contribution < -0.4 is 0 Å². The van der Waals surface area contributed by atoms with Crippen LogP contribution in [0, 0.1) is 23.7 Å². The molecular formula is C22H34F4O. The van der Waals surface area contributed by atoms with Gasteiger partial charge in [-0.05, 0) is 87.9 Å². The maximum absolute atomic E-state index is 14.2. The summed E-state index contributed by atoms with van der Waals surface area (Å²) in [4.78, 5) is 0. The number of ether oxygens (including phenoxy) is 1. The van der Waals surface area contributed by atoms with Gasteiger partial charge in [-0.1, -0.05) is 31.4 Å². The Labute approximate surface area is 160 Å². The van der Waals surface area contributed by atoms with E-state index in [1.807, 2.05) is 0 Å². The Morgan fingerprint density at radius 2 is 1.74 bits per heavy atom. The van der Waals surface area contributed by atoms with Gasteiger partial charge in [-0.25, -0.2) is 4.39 Å². The van der Waals surface area contributed by atoms with E-state index in [4.69, 9.17) is 0 Å². The summed E-state index contributed by atoms with van der Waals surface area (Å²) in [6.45, 7) is 2.26. The average molecular weight is 391 g/mol. The summed E-state index contributed by atoms with van der Waals surface area (Å²) in [5.74, 6) is 2.28. The molecule has 5 heteroatoms. The van der Waals surface area contributed by atoms with Gasteiger partial charge in [0.1, 0.15) is 6.17 Å². The summed E-state index contributed by atoms with van der Waals surface area (Å²) in [7, 11) is 0. The fourth-order valence-corrected chi connectivity index (χ4v) is 5.75. The van der Waals surface area contributed by atoms with E-state index in [2.05, 4.69) is 17.7 Å². The van der Waals surface area contributed by atoms with Crippen molar-refractivity contribution >= 4 is 0 Å². The predicted molar refractivity (Wildman–Crippen MR) is 98.9 cm³/mol. The standard InChI is InChI=1S/C22H34F4O/c1-2-3-15-4-6-16(7-5-15)17-8-10-18(11-9-17)19-12-13-21(20(23)14-19)27-22(24,25)26/h8,15-16,18-21H,2-7,9-14H2,1H3. The first kappa shape index (κ1) is 21.1. The van der Waals surface area contributed by atoms with Gasteiger partial charge in [0.05, 0.1) is 6.10 Å². The molecule has 4 atom stereocenters. The van der Waals surface area contributed by atoms with Crippen LogP contribution in [-0.4, -0.2) is 18.6 Å². The van der Waals surface area contributed by atoms with Gasteiger partial charge in [0.25, 0.3) is 0 Å². The lowest BCUT2D eigenvalue weighted by molar-refractivity contribution is -0.352. The minimum absolute atomic E-state index is 0.180. The number of allylic oxidation sites excluding steroid dienone is 2. The highest BCUT2D eigenvalue weighted by atomic mass is 19.4. The van der Waals surface area contributed by atoms with Crippen molar-refractivity contribution in [2.24, 2.45) is 23.7 Å². The molecule has 0 heterocycles. The van der Waals surface area contributed by atoms with Crippen LogP contribution in [0.3, 0.4) is 0 Å². The van der Waals surface area contributed by atoms with Gasteiger partial charge in [-0.15, -0.1) is 13.2 Å². The van der Waals surface area contributed by atoms with E-state index in [1.54, 1.807) is 5.57 Å². The van der Waals surface area contributed by atoms with E-state index >= 15 is 0 Å². The van der Waals surface area contributed by atoms with Crippen LogP contribution in [-0.2, 0) is 4.74 Å². The maximum Gasteiger partial charge on any atom is 0.522 e. The monoisotopic (exact) mass is 390 g/mol. The maximum atomic E-state index is 14.2. The molecule has 3 rings (SSSR count). The van der Waals surface area contributed by atoms with Gasteiger partial charge in [0.2, 0.25) is 0 Å². The van der Waals surface area contributed by atoms with E-state index in [1.165, 1.54) is 38.5 Å². The zero-order chi connectivity index (χ0) is 19.4. The van der Waals surface area contributed by atoms with Crippen LogP contribution in [0.5, 0.6) is 0 Å². The van der Waals surface area contributed by atoms with Crippen LogP contribution in [0.1, 0.15) is 84.0 Å². The second-order valence-electron chi connectivity index (χ2n) is 9.01. The van der Waals surface area contributed by atoms with E-state index < -0.39 is 18.6 Å². The molecule has 0 aromatic rings. The second-order valence-corrected chi connectivity index (χ2v) is 9.01. The molecule has 3 aliphatic carbocycles. The van der Waals surface area contributed by atoms with Crippen LogP contribution >= 0.6 is 0 Å². The lowest BCUT2D eigenvalue weighted by Crippen LogP contribution is -2.39. The van der Waals surface area contributed by atoms with Crippen molar-refractivity contribution in [2.75, 3.05) is 0 Å². The van der Waals surface area contributed by atoms with E-state index in [0.717, 1.165) is 31.1 Å². The minimum atomic E-state index is -4.74. The van der Waals surface area contributed by atoms with Gasteiger partial charge >= 0.3 is 6.36 Å². The highest BCUT2D eigenvalue weighted by Crippen LogP contribution is 2.44. The van der Waals surface area contributed by atoms with Gasteiger partial charge in [-0.3, -0.25) is 4.74 Å². The van der Waals surface area contributed by atoms with Gasteiger partial charge < -0.3 is 0 Å². The Hall–Kier alpha value is -0.580. The molecule has 0 aliphatic heterocycles. The number of hydrogen-bond donors (Lipinski definition) is 0. The molecule has 0 radical (unpaired) electrons. The molecule has 1 nitrogen and oxygen atoms in total. The van der Waals surface area contributed by atoms with Crippen molar-refractivity contribution in [3.05, 3.63) is 11.6 Å². The molecule has 0 aromatic heterocycles. The molecular weight excluding hydrogens is 356 g/mol. The molecule has 0 N–H and O–H groups in total. The van der Waals surface area contributed by atoms with Gasteiger partial charge in [-0.2, -0.15) is 0 Å². The van der Waals surface area contributed by atoms with E-state index in [-0.39, 0.29) is 18.8 Å². The molecule has 0 amide bonds. The summed E-state index contributed by atoms with van der Waals surface area (Å²) in [6, 6.07) is 0. The van der Waals surface area contributed by atoms with E-state index in [9.17, 15) is 17.6 Å². The highest BCUT2D eigenvalue weighted by Gasteiger charge is 2.42. The number of rotatable bonds is 5. The average Bonchev–Trinajstić information content (AvgIpc) is 2.63. The van der Waals surface area contributed by atoms with Crippen LogP contribution in [0.15, 0.2) is 11.6 Å². The Bertz CT molecular complexity index is 493. The first-order valence-electron chi connectivity index (χ1n) is 10.9. The van der Waals surface area contributed by atoms with Crippen molar-refractivity contribution in [1.82, 2.24) is 0 Å². The lowest BCUT2D eigenvalue weighted by atomic mass is 9.69. The molecule has 3 aliphatic rings. The number of hydrogen-bond acceptors (Lipinski definition) is 1. The minimum Gasteiger partial charge on any atom is -0.286 e. The van der Waals surface area contributed by atoms with E-state index in [0.29, 0.717) is 12.3 Å². The largest absolute Gasteiger partial charge is 0.522 e. The number of halogens is 4. The zero-order valence-electron chi connectivity index (χ0n) is 16.4. The fraction of sp³-hybridized carbons (Fsp3) is 0.909. The Morgan fingerprint density at radius 3 is 2.30 bits per heavy atom. The quantitative estimate of drug-likeness (QED) is 0.352. The van der Waals surface area contributed by atoms with Crippen molar-refractivity contribution in [3.8, 4) is 0 Å². The smallest absolute Gasteiger partial charge is 0.286 e. The third kappa shape index (κ3) is 5.95. The summed E-state index contributed by atoms with van der Waals surface area (Å²) in [5.41, 5.74) is 1.60. The fourth-order valence-electron chi connectivity index (χ4n) is 5.75. The summed E-state index contributed by atoms with van der Waals surface area (Å²) >= 11 is 0. The molecule has 2 saturated carbocycles. The Morgan fingerprint density at radius 1 is 1.00 bits per heavy atom. The Kier molecular flexibility index (Phi) is 7.26. The van der Waals surface area contributed by atoms with Gasteiger partial charge in [0.15, 0.2) is 0 Å². The summed E-state index contributed by atoms with van der Waals surface area (Å²) in [5, 5.41) is 0. The topological polar surface area (TPSA) is 9.23 Å². The second kappa shape index (κ2) is 9.28. The van der Waals surface area contributed by atoms with Crippen molar-refractivity contribution in [3.63, 3.8) is 0 Å². The Balaban J connectivity index is 1.45. The number of alkyl halides is 4. The molecule has 156 valence electrons. The first-order chi connectivity index (χ1) is 12.9. The van der Waals surface area contributed by atoms with Crippen LogP contribution in [0.4, 0.5) is 17.6 Å². The predicted octanol–water partition coefficient (Wildman–Crippen LogP) is 7.36. The molecule has 0 spiro atoms. The third-order valence-electron chi connectivity index (χ3n) is 7.26. The molecule has 2 fully saturated rings. The SMILES string of the molecule is CCCC1CCC(C2=CCC(C3CCC(OC(F)(F)F)C(F)C3)CC2)CC1.